The number of halogens is 1. The number of ether oxygens (including phenoxy) is 1. The van der Waals surface area contributed by atoms with Gasteiger partial charge in [-0.05, 0) is 23.8 Å². The van der Waals surface area contributed by atoms with E-state index in [-0.39, 0.29) is 5.75 Å². The number of hydrogen-bond donors (Lipinski definition) is 1. The van der Waals surface area contributed by atoms with Gasteiger partial charge in [0, 0.05) is 25.3 Å². The molecule has 0 aliphatic rings. The van der Waals surface area contributed by atoms with E-state index in [1.54, 1.807) is 18.2 Å². The summed E-state index contributed by atoms with van der Waals surface area (Å²) >= 11 is 0. The molecule has 0 amide bonds. The van der Waals surface area contributed by atoms with Crippen molar-refractivity contribution in [2.45, 2.75) is 6.04 Å². The predicted octanol–water partition coefficient (Wildman–Crippen LogP) is 2.95. The molecule has 0 saturated carbocycles. The largest absolute Gasteiger partial charge is 0.494 e. The molecular weight excluding hydrogens is 255 g/mol. The first-order valence-electron chi connectivity index (χ1n) is 6.40. The quantitative estimate of drug-likeness (QED) is 0.931. The van der Waals surface area contributed by atoms with Crippen LogP contribution in [-0.4, -0.2) is 21.2 Å². The first kappa shape index (κ1) is 14.3. The molecule has 2 N–H and O–H groups in total. The van der Waals surface area contributed by atoms with E-state index < -0.39 is 11.9 Å². The van der Waals surface area contributed by atoms with Gasteiger partial charge in [0.15, 0.2) is 11.6 Å². The van der Waals surface area contributed by atoms with Gasteiger partial charge in [0.05, 0.1) is 13.2 Å². The van der Waals surface area contributed by atoms with Gasteiger partial charge in [-0.1, -0.05) is 24.3 Å². The second-order valence-electron chi connectivity index (χ2n) is 4.83. The van der Waals surface area contributed by atoms with Gasteiger partial charge in [-0.15, -0.1) is 0 Å². The lowest BCUT2D eigenvalue weighted by Crippen LogP contribution is -2.15. The van der Waals surface area contributed by atoms with Crippen molar-refractivity contribution in [1.29, 1.82) is 0 Å². The van der Waals surface area contributed by atoms with E-state index in [9.17, 15) is 4.39 Å². The Morgan fingerprint density at radius 1 is 1.10 bits per heavy atom. The number of nitrogens with two attached hydrogens (primary N) is 1. The van der Waals surface area contributed by atoms with E-state index in [4.69, 9.17) is 10.5 Å². The maximum Gasteiger partial charge on any atom is 0.170 e. The smallest absolute Gasteiger partial charge is 0.170 e. The van der Waals surface area contributed by atoms with Gasteiger partial charge >= 0.3 is 0 Å². The standard InChI is InChI=1S/C16H19FN2O/c1-19(2)12-9-7-11(8-10-12)16(18)13-5-4-6-14(20-3)15(13)17/h4-10,16H,18H2,1-3H3. The van der Waals surface area contributed by atoms with Gasteiger partial charge in [0.1, 0.15) is 0 Å². The third kappa shape index (κ3) is 2.75. The molecule has 106 valence electrons. The lowest BCUT2D eigenvalue weighted by Gasteiger charge is -2.17. The molecule has 2 aromatic carbocycles. The third-order valence-corrected chi connectivity index (χ3v) is 3.32. The third-order valence-electron chi connectivity index (χ3n) is 3.32. The minimum Gasteiger partial charge on any atom is -0.494 e. The van der Waals surface area contributed by atoms with Crippen LogP contribution in [0, 0.1) is 5.82 Å². The topological polar surface area (TPSA) is 38.5 Å². The predicted molar refractivity (Wildman–Crippen MR) is 79.8 cm³/mol. The molecule has 20 heavy (non-hydrogen) atoms. The summed E-state index contributed by atoms with van der Waals surface area (Å²) in [5, 5.41) is 0. The molecule has 0 aliphatic heterocycles. The maximum atomic E-state index is 14.2. The first-order chi connectivity index (χ1) is 9.54. The summed E-state index contributed by atoms with van der Waals surface area (Å²) in [4.78, 5) is 2.00. The Bertz CT molecular complexity index is 582. The number of methoxy groups -OCH3 is 1. The van der Waals surface area contributed by atoms with E-state index in [2.05, 4.69) is 0 Å². The summed E-state index contributed by atoms with van der Waals surface area (Å²) in [6, 6.07) is 12.3. The Morgan fingerprint density at radius 3 is 2.30 bits per heavy atom. The molecule has 1 atom stereocenters. The average molecular weight is 274 g/mol. The maximum absolute atomic E-state index is 14.2. The molecule has 0 aromatic heterocycles. The first-order valence-corrected chi connectivity index (χ1v) is 6.40. The summed E-state index contributed by atoms with van der Waals surface area (Å²) in [5.74, 6) is -0.193. The number of rotatable bonds is 4. The van der Waals surface area contributed by atoms with Crippen molar-refractivity contribution < 1.29 is 9.13 Å². The highest BCUT2D eigenvalue weighted by molar-refractivity contribution is 5.48. The molecule has 0 spiro atoms. The molecule has 3 nitrogen and oxygen atoms in total. The van der Waals surface area contributed by atoms with Crippen LogP contribution in [0.25, 0.3) is 0 Å². The Morgan fingerprint density at radius 2 is 1.75 bits per heavy atom. The molecule has 1 unspecified atom stereocenters. The summed E-state index contributed by atoms with van der Waals surface area (Å²) in [5.41, 5.74) is 8.53. The molecule has 0 fully saturated rings. The van der Waals surface area contributed by atoms with Gasteiger partial charge in [-0.2, -0.15) is 0 Å². The number of hydrogen-bond acceptors (Lipinski definition) is 3. The Balaban J connectivity index is 2.33. The molecule has 2 aromatic rings. The van der Waals surface area contributed by atoms with Crippen LogP contribution in [-0.2, 0) is 0 Å². The fourth-order valence-electron chi connectivity index (χ4n) is 2.08. The normalized spacial score (nSPS) is 12.1. The molecular formula is C16H19FN2O. The summed E-state index contributed by atoms with van der Waals surface area (Å²) in [6.45, 7) is 0. The SMILES string of the molecule is COc1cccc(C(N)c2ccc(N(C)C)cc2)c1F. The summed E-state index contributed by atoms with van der Waals surface area (Å²) in [7, 11) is 5.38. The molecule has 0 saturated heterocycles. The van der Waals surface area contributed by atoms with E-state index in [1.165, 1.54) is 7.11 Å². The second kappa shape index (κ2) is 5.92. The monoisotopic (exact) mass is 274 g/mol. The number of benzene rings is 2. The zero-order valence-corrected chi connectivity index (χ0v) is 11.9. The molecule has 0 bridgehead atoms. The minimum atomic E-state index is -0.513. The van der Waals surface area contributed by atoms with Crippen molar-refractivity contribution in [2.24, 2.45) is 5.73 Å². The van der Waals surface area contributed by atoms with E-state index in [0.717, 1.165) is 11.3 Å². The molecule has 0 aliphatic carbocycles. The van der Waals surface area contributed by atoms with E-state index in [0.29, 0.717) is 5.56 Å². The van der Waals surface area contributed by atoms with Crippen molar-refractivity contribution >= 4 is 5.69 Å². The van der Waals surface area contributed by atoms with Gasteiger partial charge in [-0.25, -0.2) is 4.39 Å². The second-order valence-corrected chi connectivity index (χ2v) is 4.83. The summed E-state index contributed by atoms with van der Waals surface area (Å²) < 4.78 is 19.2. The highest BCUT2D eigenvalue weighted by atomic mass is 19.1. The van der Waals surface area contributed by atoms with Crippen molar-refractivity contribution in [3.05, 3.63) is 59.4 Å². The fraction of sp³-hybridized carbons (Fsp3) is 0.250. The molecule has 0 radical (unpaired) electrons. The average Bonchev–Trinajstić information content (AvgIpc) is 2.47. The van der Waals surface area contributed by atoms with Crippen LogP contribution < -0.4 is 15.4 Å². The van der Waals surface area contributed by atoms with Crippen LogP contribution in [0.3, 0.4) is 0 Å². The number of nitrogens with zero attached hydrogens (tertiary/aromatic N) is 1. The van der Waals surface area contributed by atoms with Crippen molar-refractivity contribution in [1.82, 2.24) is 0 Å². The van der Waals surface area contributed by atoms with Gasteiger partial charge in [0.25, 0.3) is 0 Å². The summed E-state index contributed by atoms with van der Waals surface area (Å²) in [6.07, 6.45) is 0. The lowest BCUT2D eigenvalue weighted by atomic mass is 9.98. The Kier molecular flexibility index (Phi) is 4.25. The minimum absolute atomic E-state index is 0.211. The van der Waals surface area contributed by atoms with Crippen molar-refractivity contribution in [3.8, 4) is 5.75 Å². The fourth-order valence-corrected chi connectivity index (χ4v) is 2.08. The lowest BCUT2D eigenvalue weighted by molar-refractivity contribution is 0.383. The molecule has 4 heteroatoms. The van der Waals surface area contributed by atoms with E-state index >= 15 is 0 Å². The molecule has 2 rings (SSSR count). The van der Waals surface area contributed by atoms with Crippen LogP contribution >= 0.6 is 0 Å². The molecule has 0 heterocycles. The highest BCUT2D eigenvalue weighted by Gasteiger charge is 2.16. The zero-order chi connectivity index (χ0) is 14.7. The highest BCUT2D eigenvalue weighted by Crippen LogP contribution is 2.28. The van der Waals surface area contributed by atoms with Crippen LogP contribution in [0.4, 0.5) is 10.1 Å². The Labute approximate surface area is 118 Å². The van der Waals surface area contributed by atoms with Crippen LogP contribution in [0.1, 0.15) is 17.2 Å². The van der Waals surface area contributed by atoms with Crippen LogP contribution in [0.15, 0.2) is 42.5 Å². The number of anilines is 1. The zero-order valence-electron chi connectivity index (χ0n) is 11.9. The van der Waals surface area contributed by atoms with Crippen molar-refractivity contribution in [2.75, 3.05) is 26.1 Å². The van der Waals surface area contributed by atoms with Crippen LogP contribution in [0.2, 0.25) is 0 Å². The van der Waals surface area contributed by atoms with Gasteiger partial charge in [-0.3, -0.25) is 0 Å². The van der Waals surface area contributed by atoms with E-state index in [1.807, 2.05) is 43.3 Å². The van der Waals surface area contributed by atoms with Crippen LogP contribution in [0.5, 0.6) is 5.75 Å². The van der Waals surface area contributed by atoms with Crippen molar-refractivity contribution in [3.63, 3.8) is 0 Å². The van der Waals surface area contributed by atoms with Gasteiger partial charge in [0.2, 0.25) is 0 Å². The van der Waals surface area contributed by atoms with Gasteiger partial charge < -0.3 is 15.4 Å². The Hall–Kier alpha value is -2.07.